The van der Waals surface area contributed by atoms with Gasteiger partial charge in [0, 0.05) is 27.7 Å². The molecule has 0 saturated carbocycles. The second-order valence-electron chi connectivity index (χ2n) is 20.6. The normalized spacial score (nSPS) is 13.7. The average molecular weight is 965 g/mol. The van der Waals surface area contributed by atoms with E-state index in [9.17, 15) is 0 Å². The Bertz CT molecular complexity index is 4350. The third-order valence-electron chi connectivity index (χ3n) is 17.1. The molecule has 0 unspecified atom stereocenters. The van der Waals surface area contributed by atoms with Crippen LogP contribution in [0.15, 0.2) is 291 Å². The van der Waals surface area contributed by atoms with E-state index in [0.29, 0.717) is 0 Å². The Morgan fingerprint density at radius 3 is 1.39 bits per heavy atom. The van der Waals surface area contributed by atoms with Gasteiger partial charge in [-0.2, -0.15) is 0 Å². The van der Waals surface area contributed by atoms with Gasteiger partial charge in [0.25, 0.3) is 0 Å². The molecule has 0 radical (unpaired) electrons. The van der Waals surface area contributed by atoms with Crippen molar-refractivity contribution in [3.8, 4) is 50.2 Å². The van der Waals surface area contributed by atoms with Gasteiger partial charge in [-0.05, 0) is 120 Å². The van der Waals surface area contributed by atoms with E-state index < -0.39 is 10.8 Å². The fourth-order valence-electron chi connectivity index (χ4n) is 14.1. The highest BCUT2D eigenvalue weighted by molar-refractivity contribution is 6.13. The summed E-state index contributed by atoms with van der Waals surface area (Å²) in [6.07, 6.45) is 0. The Morgan fingerprint density at radius 2 is 0.750 bits per heavy atom. The molecule has 0 bridgehead atoms. The molecule has 1 aromatic heterocycles. The van der Waals surface area contributed by atoms with Crippen LogP contribution in [-0.4, -0.2) is 4.57 Å². The summed E-state index contributed by atoms with van der Waals surface area (Å²) in [7, 11) is 0. The molecule has 354 valence electrons. The summed E-state index contributed by atoms with van der Waals surface area (Å²) in [5.41, 5.74) is 26.0. The predicted molar refractivity (Wildman–Crippen MR) is 315 cm³/mol. The highest BCUT2D eigenvalue weighted by Gasteiger charge is 2.51. The summed E-state index contributed by atoms with van der Waals surface area (Å²) in [5, 5.41) is 2.53. The van der Waals surface area contributed by atoms with E-state index in [0.717, 1.165) is 17.1 Å². The van der Waals surface area contributed by atoms with E-state index in [-0.39, 0.29) is 0 Å². The fourth-order valence-corrected chi connectivity index (χ4v) is 14.1. The molecule has 2 heterocycles. The van der Waals surface area contributed by atoms with Crippen LogP contribution in [0.4, 0.5) is 17.1 Å². The first kappa shape index (κ1) is 42.7. The van der Waals surface area contributed by atoms with Gasteiger partial charge in [-0.25, -0.2) is 0 Å². The zero-order valence-corrected chi connectivity index (χ0v) is 41.6. The van der Waals surface area contributed by atoms with Gasteiger partial charge in [0.15, 0.2) is 0 Å². The van der Waals surface area contributed by atoms with E-state index in [1.807, 2.05) is 0 Å². The van der Waals surface area contributed by atoms with E-state index in [1.54, 1.807) is 0 Å². The number of anilines is 3. The molecule has 76 heavy (non-hydrogen) atoms. The zero-order chi connectivity index (χ0) is 50.0. The van der Waals surface area contributed by atoms with Crippen LogP contribution in [-0.2, 0) is 10.8 Å². The Labute approximate surface area is 442 Å². The molecule has 2 aliphatic carbocycles. The van der Waals surface area contributed by atoms with Crippen molar-refractivity contribution < 1.29 is 0 Å². The lowest BCUT2D eigenvalue weighted by atomic mass is 9.65. The molecule has 0 saturated heterocycles. The molecular weight excluding hydrogens is 917 g/mol. The highest BCUT2D eigenvalue weighted by atomic mass is 15.2. The van der Waals surface area contributed by atoms with Gasteiger partial charge in [-0.3, -0.25) is 0 Å². The molecule has 2 nitrogen and oxygen atoms in total. The summed E-state index contributed by atoms with van der Waals surface area (Å²) in [6, 6.07) is 109. The number of fused-ring (bicyclic) bond motifs is 15. The third-order valence-corrected chi connectivity index (χ3v) is 17.1. The Kier molecular flexibility index (Phi) is 9.20. The predicted octanol–water partition coefficient (Wildman–Crippen LogP) is 18.6. The Hall–Kier alpha value is -9.76. The summed E-state index contributed by atoms with van der Waals surface area (Å²) in [4.78, 5) is 2.54. The maximum absolute atomic E-state index is 2.58. The van der Waals surface area contributed by atoms with Crippen LogP contribution in [0.3, 0.4) is 0 Å². The fraction of sp³-hybridized carbons (Fsp3) is 0.0270. The lowest BCUT2D eigenvalue weighted by Gasteiger charge is -2.40. The quantitative estimate of drug-likeness (QED) is 0.155. The average Bonchev–Trinajstić information content (AvgIpc) is 4.31. The van der Waals surface area contributed by atoms with Crippen molar-refractivity contribution in [1.82, 2.24) is 4.57 Å². The SMILES string of the molecule is c1ccc(-c2ccc(-c3ccc(N(c4ccc5c(c4)-n4c6ccccc6c6cccc(c64)C54c5ccccc5-c5ccccc54)c4cccc5c4-c4ccccc4C5(c4ccccc4)c4ccccc4)cc3)cc2)cc1. The standard InChI is InChI=1S/C74H48N2/c1-4-20-49(21-5-1)50-38-40-51(41-39-50)52-42-44-55(45-43-52)75(69-37-19-34-66-71(69)61-29-12-16-33-64(61)73(66,53-22-6-2-7-23-53)54-24-8-3-9-25-54)56-46-47-65-70(48-56)76-68-36-17-13-28-59(68)60-30-18-35-67(72(60)76)74(65)62-31-14-10-26-57(62)58-27-11-15-32-63(58)74/h1-48H. The molecule has 0 amide bonds. The van der Waals surface area contributed by atoms with Crippen molar-refractivity contribution in [1.29, 1.82) is 0 Å². The molecule has 2 heteroatoms. The number of rotatable bonds is 7. The van der Waals surface area contributed by atoms with Crippen molar-refractivity contribution in [2.75, 3.05) is 4.90 Å². The molecule has 1 spiro atoms. The number of benzene rings is 12. The first-order chi connectivity index (χ1) is 37.7. The molecule has 0 fully saturated rings. The lowest BCUT2D eigenvalue weighted by Crippen LogP contribution is -2.33. The van der Waals surface area contributed by atoms with Gasteiger partial charge in [0.2, 0.25) is 0 Å². The first-order valence-corrected chi connectivity index (χ1v) is 26.5. The minimum Gasteiger partial charge on any atom is -0.310 e. The van der Waals surface area contributed by atoms with E-state index in [2.05, 4.69) is 301 Å². The summed E-state index contributed by atoms with van der Waals surface area (Å²) >= 11 is 0. The molecule has 12 aromatic carbocycles. The molecule has 16 rings (SSSR count). The molecule has 3 aliphatic rings. The molecule has 0 atom stereocenters. The van der Waals surface area contributed by atoms with Gasteiger partial charge >= 0.3 is 0 Å². The van der Waals surface area contributed by atoms with Gasteiger partial charge in [0.05, 0.1) is 33.2 Å². The monoisotopic (exact) mass is 964 g/mol. The van der Waals surface area contributed by atoms with Crippen molar-refractivity contribution >= 4 is 38.9 Å². The third kappa shape index (κ3) is 5.76. The zero-order valence-electron chi connectivity index (χ0n) is 41.6. The van der Waals surface area contributed by atoms with Crippen LogP contribution >= 0.6 is 0 Å². The minimum absolute atomic E-state index is 0.550. The first-order valence-electron chi connectivity index (χ1n) is 26.5. The van der Waals surface area contributed by atoms with Crippen LogP contribution in [0.5, 0.6) is 0 Å². The van der Waals surface area contributed by atoms with E-state index in [1.165, 1.54) is 117 Å². The van der Waals surface area contributed by atoms with Crippen LogP contribution in [0.1, 0.15) is 44.5 Å². The largest absolute Gasteiger partial charge is 0.310 e. The van der Waals surface area contributed by atoms with E-state index in [4.69, 9.17) is 0 Å². The lowest BCUT2D eigenvalue weighted by molar-refractivity contribution is 0.748. The maximum Gasteiger partial charge on any atom is 0.0754 e. The number of hydrogen-bond acceptors (Lipinski definition) is 1. The number of nitrogens with zero attached hydrogens (tertiary/aromatic N) is 2. The summed E-state index contributed by atoms with van der Waals surface area (Å²) < 4.78 is 2.58. The van der Waals surface area contributed by atoms with Crippen LogP contribution < -0.4 is 4.90 Å². The van der Waals surface area contributed by atoms with E-state index >= 15 is 0 Å². The second-order valence-corrected chi connectivity index (χ2v) is 20.6. The van der Waals surface area contributed by atoms with Crippen LogP contribution in [0.25, 0.3) is 72.0 Å². The highest BCUT2D eigenvalue weighted by Crippen LogP contribution is 2.63. The van der Waals surface area contributed by atoms with Gasteiger partial charge in [-0.15, -0.1) is 0 Å². The maximum atomic E-state index is 2.58. The van der Waals surface area contributed by atoms with Gasteiger partial charge in [0.1, 0.15) is 0 Å². The number of para-hydroxylation sites is 2. The molecule has 13 aromatic rings. The van der Waals surface area contributed by atoms with Crippen molar-refractivity contribution in [2.45, 2.75) is 10.8 Å². The van der Waals surface area contributed by atoms with Gasteiger partial charge in [-0.1, -0.05) is 255 Å². The summed E-state index contributed by atoms with van der Waals surface area (Å²) in [6.45, 7) is 0. The minimum atomic E-state index is -0.559. The topological polar surface area (TPSA) is 8.17 Å². The second kappa shape index (κ2) is 16.4. The van der Waals surface area contributed by atoms with Crippen LogP contribution in [0, 0.1) is 0 Å². The van der Waals surface area contributed by atoms with Crippen molar-refractivity contribution in [2.24, 2.45) is 0 Å². The summed E-state index contributed by atoms with van der Waals surface area (Å²) in [5.74, 6) is 0. The van der Waals surface area contributed by atoms with Gasteiger partial charge < -0.3 is 9.47 Å². The number of hydrogen-bond donors (Lipinski definition) is 0. The van der Waals surface area contributed by atoms with Crippen LogP contribution in [0.2, 0.25) is 0 Å². The molecular formula is C74H48N2. The van der Waals surface area contributed by atoms with Crippen molar-refractivity contribution in [3.63, 3.8) is 0 Å². The van der Waals surface area contributed by atoms with Crippen molar-refractivity contribution in [3.05, 3.63) is 336 Å². The smallest absolute Gasteiger partial charge is 0.0754 e. The molecule has 1 aliphatic heterocycles. The molecule has 0 N–H and O–H groups in total. The number of aromatic nitrogens is 1. The Morgan fingerprint density at radius 1 is 0.289 bits per heavy atom. The Balaban J connectivity index is 0.974.